The SMILES string of the molecule is CCC(C)Cc1ccc(CC(=O)NCCC(=O)O)cc1. The molecule has 1 unspecified atom stereocenters. The third kappa shape index (κ3) is 6.36. The predicted octanol–water partition coefficient (Wildman–Crippen LogP) is 2.41. The summed E-state index contributed by atoms with van der Waals surface area (Å²) in [5, 5.41) is 11.1. The van der Waals surface area contributed by atoms with Gasteiger partial charge in [-0.3, -0.25) is 9.59 Å². The molecule has 1 rings (SSSR count). The lowest BCUT2D eigenvalue weighted by Gasteiger charge is -2.09. The van der Waals surface area contributed by atoms with Crippen molar-refractivity contribution in [2.45, 2.75) is 39.5 Å². The summed E-state index contributed by atoms with van der Waals surface area (Å²) in [7, 11) is 0. The molecule has 0 aliphatic carbocycles. The van der Waals surface area contributed by atoms with Crippen LogP contribution in [0.4, 0.5) is 0 Å². The van der Waals surface area contributed by atoms with Gasteiger partial charge in [0.15, 0.2) is 0 Å². The molecule has 20 heavy (non-hydrogen) atoms. The lowest BCUT2D eigenvalue weighted by Crippen LogP contribution is -2.27. The van der Waals surface area contributed by atoms with Crippen LogP contribution in [0.5, 0.6) is 0 Å². The number of carbonyl (C=O) groups excluding carboxylic acids is 1. The maximum absolute atomic E-state index is 11.6. The largest absolute Gasteiger partial charge is 0.481 e. The summed E-state index contributed by atoms with van der Waals surface area (Å²) in [6, 6.07) is 8.06. The first-order valence-corrected chi connectivity index (χ1v) is 7.07. The van der Waals surface area contributed by atoms with Crippen molar-refractivity contribution in [3.8, 4) is 0 Å². The molecule has 0 radical (unpaired) electrons. The molecule has 0 saturated carbocycles. The van der Waals surface area contributed by atoms with Gasteiger partial charge in [0.1, 0.15) is 0 Å². The van der Waals surface area contributed by atoms with Gasteiger partial charge < -0.3 is 10.4 Å². The monoisotopic (exact) mass is 277 g/mol. The molecule has 0 bridgehead atoms. The Kier molecular flexibility index (Phi) is 6.77. The first-order valence-electron chi connectivity index (χ1n) is 7.07. The molecule has 1 amide bonds. The van der Waals surface area contributed by atoms with E-state index in [-0.39, 0.29) is 18.9 Å². The number of hydrogen-bond donors (Lipinski definition) is 2. The highest BCUT2D eigenvalue weighted by atomic mass is 16.4. The van der Waals surface area contributed by atoms with Gasteiger partial charge >= 0.3 is 5.97 Å². The zero-order valence-corrected chi connectivity index (χ0v) is 12.2. The first-order chi connectivity index (χ1) is 9.51. The van der Waals surface area contributed by atoms with E-state index in [4.69, 9.17) is 5.11 Å². The second-order valence-electron chi connectivity index (χ2n) is 5.20. The molecule has 110 valence electrons. The molecule has 0 aliphatic rings. The summed E-state index contributed by atoms with van der Waals surface area (Å²) < 4.78 is 0. The molecule has 1 atom stereocenters. The van der Waals surface area contributed by atoms with Crippen molar-refractivity contribution in [3.05, 3.63) is 35.4 Å². The van der Waals surface area contributed by atoms with Crippen LogP contribution in [-0.2, 0) is 22.4 Å². The van der Waals surface area contributed by atoms with Gasteiger partial charge in [-0.2, -0.15) is 0 Å². The Labute approximate surface area is 120 Å². The van der Waals surface area contributed by atoms with Crippen molar-refractivity contribution in [2.24, 2.45) is 5.92 Å². The van der Waals surface area contributed by atoms with E-state index in [9.17, 15) is 9.59 Å². The number of benzene rings is 1. The van der Waals surface area contributed by atoms with E-state index in [1.54, 1.807) is 0 Å². The topological polar surface area (TPSA) is 66.4 Å². The number of amides is 1. The van der Waals surface area contributed by atoms with Crippen molar-refractivity contribution in [1.29, 1.82) is 0 Å². The normalized spacial score (nSPS) is 11.9. The number of rotatable bonds is 8. The summed E-state index contributed by atoms with van der Waals surface area (Å²) >= 11 is 0. The highest BCUT2D eigenvalue weighted by molar-refractivity contribution is 5.79. The molecule has 0 heterocycles. The molecule has 0 aromatic heterocycles. The van der Waals surface area contributed by atoms with Crippen LogP contribution in [0, 0.1) is 5.92 Å². The summed E-state index contributed by atoms with van der Waals surface area (Å²) in [6.45, 7) is 4.59. The van der Waals surface area contributed by atoms with Gasteiger partial charge in [0.25, 0.3) is 0 Å². The van der Waals surface area contributed by atoms with Crippen molar-refractivity contribution >= 4 is 11.9 Å². The number of carbonyl (C=O) groups is 2. The third-order valence-corrected chi connectivity index (χ3v) is 3.33. The summed E-state index contributed by atoms with van der Waals surface area (Å²) in [5.41, 5.74) is 2.24. The molecule has 0 aliphatic heterocycles. The molecule has 1 aromatic carbocycles. The lowest BCUT2D eigenvalue weighted by molar-refractivity contribution is -0.136. The molecule has 0 spiro atoms. The summed E-state index contributed by atoms with van der Waals surface area (Å²) in [6.07, 6.45) is 2.47. The van der Waals surface area contributed by atoms with Gasteiger partial charge in [0.05, 0.1) is 12.8 Å². The van der Waals surface area contributed by atoms with Gasteiger partial charge in [-0.15, -0.1) is 0 Å². The van der Waals surface area contributed by atoms with E-state index in [0.29, 0.717) is 12.3 Å². The van der Waals surface area contributed by atoms with Crippen LogP contribution in [0.2, 0.25) is 0 Å². The van der Waals surface area contributed by atoms with Gasteiger partial charge in [-0.25, -0.2) is 0 Å². The van der Waals surface area contributed by atoms with Crippen molar-refractivity contribution in [3.63, 3.8) is 0 Å². The van der Waals surface area contributed by atoms with Crippen molar-refractivity contribution in [2.75, 3.05) is 6.54 Å². The second kappa shape index (κ2) is 8.35. The Morgan fingerprint density at radius 3 is 2.35 bits per heavy atom. The van der Waals surface area contributed by atoms with Gasteiger partial charge in [0.2, 0.25) is 5.91 Å². The fourth-order valence-corrected chi connectivity index (χ4v) is 1.90. The Balaban J connectivity index is 2.40. The number of carboxylic acid groups (broad SMARTS) is 1. The minimum Gasteiger partial charge on any atom is -0.481 e. The lowest BCUT2D eigenvalue weighted by atomic mass is 9.98. The molecule has 4 nitrogen and oxygen atoms in total. The second-order valence-corrected chi connectivity index (χ2v) is 5.20. The van der Waals surface area contributed by atoms with Crippen LogP contribution >= 0.6 is 0 Å². The third-order valence-electron chi connectivity index (χ3n) is 3.33. The smallest absolute Gasteiger partial charge is 0.305 e. The molecule has 1 aromatic rings. The van der Waals surface area contributed by atoms with Gasteiger partial charge in [-0.05, 0) is 23.5 Å². The molecule has 4 heteroatoms. The van der Waals surface area contributed by atoms with Crippen molar-refractivity contribution in [1.82, 2.24) is 5.32 Å². The number of hydrogen-bond acceptors (Lipinski definition) is 2. The molecule has 2 N–H and O–H groups in total. The van der Waals surface area contributed by atoms with E-state index in [1.165, 1.54) is 5.56 Å². The average molecular weight is 277 g/mol. The Morgan fingerprint density at radius 2 is 1.80 bits per heavy atom. The minimum absolute atomic E-state index is 0.0421. The minimum atomic E-state index is -0.903. The zero-order chi connectivity index (χ0) is 15.0. The molecule has 0 fully saturated rings. The number of aliphatic carboxylic acids is 1. The van der Waals surface area contributed by atoms with Gasteiger partial charge in [-0.1, -0.05) is 44.5 Å². The Bertz CT molecular complexity index is 440. The average Bonchev–Trinajstić information content (AvgIpc) is 2.40. The summed E-state index contributed by atoms with van der Waals surface area (Å²) in [4.78, 5) is 21.9. The molecular weight excluding hydrogens is 254 g/mol. The maximum atomic E-state index is 11.6. The Hall–Kier alpha value is -1.84. The van der Waals surface area contributed by atoms with E-state index in [2.05, 4.69) is 31.3 Å². The number of carboxylic acids is 1. The van der Waals surface area contributed by atoms with Crippen LogP contribution in [0.25, 0.3) is 0 Å². The van der Waals surface area contributed by atoms with Crippen LogP contribution in [0.1, 0.15) is 37.8 Å². The molecular formula is C16H23NO3. The zero-order valence-electron chi connectivity index (χ0n) is 12.2. The Morgan fingerprint density at radius 1 is 1.20 bits per heavy atom. The fourth-order valence-electron chi connectivity index (χ4n) is 1.90. The van der Waals surface area contributed by atoms with E-state index in [0.717, 1.165) is 18.4 Å². The van der Waals surface area contributed by atoms with Crippen molar-refractivity contribution < 1.29 is 14.7 Å². The maximum Gasteiger partial charge on any atom is 0.305 e. The standard InChI is InChI=1S/C16H23NO3/c1-3-12(2)10-13-4-6-14(7-5-13)11-15(18)17-9-8-16(19)20/h4-7,12H,3,8-11H2,1-2H3,(H,17,18)(H,19,20). The van der Waals surface area contributed by atoms with Crippen LogP contribution in [-0.4, -0.2) is 23.5 Å². The van der Waals surface area contributed by atoms with Gasteiger partial charge in [0, 0.05) is 6.54 Å². The van der Waals surface area contributed by atoms with Crippen LogP contribution in [0.15, 0.2) is 24.3 Å². The number of nitrogens with one attached hydrogen (secondary N) is 1. The van der Waals surface area contributed by atoms with E-state index in [1.807, 2.05) is 12.1 Å². The fraction of sp³-hybridized carbons (Fsp3) is 0.500. The van der Waals surface area contributed by atoms with E-state index >= 15 is 0 Å². The first kappa shape index (κ1) is 16.2. The van der Waals surface area contributed by atoms with E-state index < -0.39 is 5.97 Å². The quantitative estimate of drug-likeness (QED) is 0.767. The predicted molar refractivity (Wildman–Crippen MR) is 78.6 cm³/mol. The highest BCUT2D eigenvalue weighted by Crippen LogP contribution is 2.12. The molecule has 0 saturated heterocycles. The van der Waals surface area contributed by atoms with Crippen LogP contribution < -0.4 is 5.32 Å². The highest BCUT2D eigenvalue weighted by Gasteiger charge is 2.05. The van der Waals surface area contributed by atoms with Crippen LogP contribution in [0.3, 0.4) is 0 Å². The summed E-state index contributed by atoms with van der Waals surface area (Å²) in [5.74, 6) is -0.374.